The van der Waals surface area contributed by atoms with E-state index in [0.717, 1.165) is 0 Å². The van der Waals surface area contributed by atoms with Crippen LogP contribution in [0.15, 0.2) is 12.4 Å². The van der Waals surface area contributed by atoms with E-state index >= 15 is 0 Å². The quantitative estimate of drug-likeness (QED) is 0.0457. The van der Waals surface area contributed by atoms with Crippen LogP contribution in [0.1, 0.15) is 335 Å². The lowest BCUT2D eigenvalue weighted by atomic mass is 10.0. The van der Waals surface area contributed by atoms with E-state index in [-0.39, 0.29) is 0 Å². The average Bonchev–Trinajstić information content (AvgIpc) is 3.63. The van der Waals surface area contributed by atoms with E-state index in [2.05, 4.69) is 42.3 Å². The van der Waals surface area contributed by atoms with Crippen molar-refractivity contribution >= 4 is 0 Å². The normalized spacial score (nSPS) is 11.7. The number of nitrogens with zero attached hydrogens (tertiary/aromatic N) is 2. The summed E-state index contributed by atoms with van der Waals surface area (Å²) in [7, 11) is 0. The van der Waals surface area contributed by atoms with Crippen molar-refractivity contribution in [2.24, 2.45) is 0 Å². The minimum Gasteiger partial charge on any atom is -0.234 e. The Labute approximate surface area is 374 Å². The van der Waals surface area contributed by atoms with Crippen LogP contribution >= 0.6 is 0 Å². The predicted octanol–water partition coefficient (Wildman–Crippen LogP) is 20.1. The molecule has 0 aliphatic heterocycles. The zero-order chi connectivity index (χ0) is 42.2. The lowest BCUT2D eigenvalue weighted by Crippen LogP contribution is -2.37. The minimum absolute atomic E-state index is 1.23. The van der Waals surface area contributed by atoms with E-state index in [1.807, 2.05) is 0 Å². The molecule has 0 aliphatic rings. The Morgan fingerprint density at radius 3 is 0.814 bits per heavy atom. The van der Waals surface area contributed by atoms with Gasteiger partial charge >= 0.3 is 0 Å². The van der Waals surface area contributed by atoms with Crippen LogP contribution in [-0.4, -0.2) is 4.57 Å². The molecule has 0 atom stereocenters. The summed E-state index contributed by atoms with van der Waals surface area (Å²) in [5.74, 6) is 1.64. The lowest BCUT2D eigenvalue weighted by Gasteiger charge is -2.07. The molecule has 0 bridgehead atoms. The number of hydrogen-bond donors (Lipinski definition) is 0. The standard InChI is InChI=1S/C57H113N2/c1-4-7-10-13-16-19-22-25-28-30-33-36-39-42-45-48-51-54-59-56-55-58(53-50-47-44-41-38-35-32-27-24-21-18-15-12-9-6-3)57(59)52-49-46-43-40-37-34-31-29-26-23-20-17-14-11-8-5-2/h55-56H,4-54H2,1-3H3/q+1. The van der Waals surface area contributed by atoms with E-state index in [1.54, 1.807) is 5.82 Å². The van der Waals surface area contributed by atoms with Crippen LogP contribution in [0.5, 0.6) is 0 Å². The minimum atomic E-state index is 1.23. The molecule has 2 heteroatoms. The Morgan fingerprint density at radius 1 is 0.288 bits per heavy atom. The summed E-state index contributed by atoms with van der Waals surface area (Å²) in [4.78, 5) is 0. The van der Waals surface area contributed by atoms with Gasteiger partial charge in [0.2, 0.25) is 0 Å². The highest BCUT2D eigenvalue weighted by molar-refractivity contribution is 4.84. The van der Waals surface area contributed by atoms with Crippen molar-refractivity contribution in [1.82, 2.24) is 4.57 Å². The van der Waals surface area contributed by atoms with Gasteiger partial charge in [-0.3, -0.25) is 0 Å². The molecule has 0 unspecified atom stereocenters. The molecule has 0 aromatic carbocycles. The Balaban J connectivity index is 2.24. The molecule has 1 aromatic heterocycles. The molecule has 0 saturated carbocycles. The zero-order valence-corrected chi connectivity index (χ0v) is 41.6. The molecule has 2 nitrogen and oxygen atoms in total. The smallest absolute Gasteiger partial charge is 0.234 e. The van der Waals surface area contributed by atoms with Gasteiger partial charge in [-0.25, -0.2) is 9.13 Å². The van der Waals surface area contributed by atoms with Gasteiger partial charge in [0.1, 0.15) is 12.4 Å². The van der Waals surface area contributed by atoms with Crippen molar-refractivity contribution in [2.45, 2.75) is 348 Å². The summed E-state index contributed by atoms with van der Waals surface area (Å²) >= 11 is 0. The van der Waals surface area contributed by atoms with Crippen LogP contribution in [0.2, 0.25) is 0 Å². The molecule has 350 valence electrons. The number of hydrogen-bond acceptors (Lipinski definition) is 0. The highest BCUT2D eigenvalue weighted by atomic mass is 15.1. The predicted molar refractivity (Wildman–Crippen MR) is 267 cm³/mol. The van der Waals surface area contributed by atoms with Gasteiger partial charge in [-0.2, -0.15) is 0 Å². The molecule has 59 heavy (non-hydrogen) atoms. The SMILES string of the molecule is CCCCCCCCCCCCCCCCCCC[n+]1ccn(CCCCCCCCCCCCCCCCC)c1CCCCCCCCCCCCCCCCCC. The summed E-state index contributed by atoms with van der Waals surface area (Å²) in [6.07, 6.45) is 75.8. The van der Waals surface area contributed by atoms with Crippen LogP contribution in [0.25, 0.3) is 0 Å². The van der Waals surface area contributed by atoms with Crippen LogP contribution in [-0.2, 0) is 19.5 Å². The maximum Gasteiger partial charge on any atom is 0.256 e. The molecule has 0 spiro atoms. The fraction of sp³-hybridized carbons (Fsp3) is 0.947. The van der Waals surface area contributed by atoms with Gasteiger partial charge in [-0.1, -0.05) is 297 Å². The van der Waals surface area contributed by atoms with Crippen molar-refractivity contribution in [1.29, 1.82) is 0 Å². The van der Waals surface area contributed by atoms with Crippen LogP contribution in [0, 0.1) is 0 Å². The highest BCUT2D eigenvalue weighted by Crippen LogP contribution is 2.18. The molecule has 0 saturated heterocycles. The fourth-order valence-corrected chi connectivity index (χ4v) is 9.68. The number of aryl methyl sites for hydroxylation is 2. The first-order chi connectivity index (χ1) is 29.3. The van der Waals surface area contributed by atoms with Crippen molar-refractivity contribution in [2.75, 3.05) is 0 Å². The summed E-state index contributed by atoms with van der Waals surface area (Å²) in [6, 6.07) is 0. The average molecular weight is 827 g/mol. The Bertz CT molecular complexity index is 902. The largest absolute Gasteiger partial charge is 0.256 e. The molecule has 0 aliphatic carbocycles. The van der Waals surface area contributed by atoms with Crippen molar-refractivity contribution in [3.8, 4) is 0 Å². The summed E-state index contributed by atoms with van der Waals surface area (Å²) in [5, 5.41) is 0. The van der Waals surface area contributed by atoms with Crippen LogP contribution < -0.4 is 4.57 Å². The van der Waals surface area contributed by atoms with E-state index in [0.29, 0.717) is 0 Å². The summed E-state index contributed by atoms with van der Waals surface area (Å²) in [5.41, 5.74) is 0. The Kier molecular flexibility index (Phi) is 46.0. The summed E-state index contributed by atoms with van der Waals surface area (Å²) < 4.78 is 5.34. The van der Waals surface area contributed by atoms with E-state index < -0.39 is 0 Å². The van der Waals surface area contributed by atoms with Gasteiger partial charge in [0, 0.05) is 6.42 Å². The Morgan fingerprint density at radius 2 is 0.525 bits per heavy atom. The molecule has 0 N–H and O–H groups in total. The maximum absolute atomic E-state index is 2.67. The number of imidazole rings is 1. The third kappa shape index (κ3) is 39.8. The number of unbranched alkanes of at least 4 members (excludes halogenated alkanes) is 45. The molecule has 0 radical (unpaired) electrons. The van der Waals surface area contributed by atoms with E-state index in [9.17, 15) is 0 Å². The molecular formula is C57H113N2+. The van der Waals surface area contributed by atoms with Gasteiger partial charge < -0.3 is 0 Å². The third-order valence-electron chi connectivity index (χ3n) is 13.8. The van der Waals surface area contributed by atoms with Crippen molar-refractivity contribution in [3.05, 3.63) is 18.2 Å². The van der Waals surface area contributed by atoms with Crippen LogP contribution in [0.4, 0.5) is 0 Å². The Hall–Kier alpha value is -0.790. The molecular weight excluding hydrogens is 713 g/mol. The number of aromatic nitrogens is 2. The van der Waals surface area contributed by atoms with E-state index in [4.69, 9.17) is 0 Å². The first-order valence-electron chi connectivity index (χ1n) is 28.4. The molecule has 0 amide bonds. The first-order valence-corrected chi connectivity index (χ1v) is 28.4. The monoisotopic (exact) mass is 826 g/mol. The van der Waals surface area contributed by atoms with Crippen LogP contribution in [0.3, 0.4) is 0 Å². The van der Waals surface area contributed by atoms with Gasteiger partial charge in [0.15, 0.2) is 0 Å². The lowest BCUT2D eigenvalue weighted by molar-refractivity contribution is -0.704. The van der Waals surface area contributed by atoms with E-state index in [1.165, 1.54) is 328 Å². The number of rotatable bonds is 51. The molecule has 1 rings (SSSR count). The van der Waals surface area contributed by atoms with Crippen molar-refractivity contribution < 1.29 is 4.57 Å². The topological polar surface area (TPSA) is 8.81 Å². The second-order valence-corrected chi connectivity index (χ2v) is 19.8. The molecule has 1 heterocycles. The zero-order valence-electron chi connectivity index (χ0n) is 41.6. The first kappa shape index (κ1) is 56.2. The second kappa shape index (κ2) is 48.2. The second-order valence-electron chi connectivity index (χ2n) is 19.8. The highest BCUT2D eigenvalue weighted by Gasteiger charge is 2.16. The molecule has 0 fully saturated rings. The molecule has 1 aromatic rings. The van der Waals surface area contributed by atoms with Gasteiger partial charge in [0.25, 0.3) is 5.82 Å². The third-order valence-corrected chi connectivity index (χ3v) is 13.8. The maximum atomic E-state index is 2.67. The van der Waals surface area contributed by atoms with Gasteiger partial charge in [0.05, 0.1) is 13.1 Å². The van der Waals surface area contributed by atoms with Crippen molar-refractivity contribution in [3.63, 3.8) is 0 Å². The summed E-state index contributed by atoms with van der Waals surface area (Å²) in [6.45, 7) is 9.42. The van der Waals surface area contributed by atoms with Gasteiger partial charge in [-0.15, -0.1) is 0 Å². The van der Waals surface area contributed by atoms with Gasteiger partial charge in [-0.05, 0) is 32.1 Å². The fourth-order valence-electron chi connectivity index (χ4n) is 9.68.